The van der Waals surface area contributed by atoms with Gasteiger partial charge in [-0.3, -0.25) is 0 Å². The van der Waals surface area contributed by atoms with Crippen molar-refractivity contribution in [3.63, 3.8) is 0 Å². The molecule has 1 aromatic rings. The fourth-order valence-electron chi connectivity index (χ4n) is 2.05. The van der Waals surface area contributed by atoms with E-state index in [1.165, 1.54) is 17.5 Å². The van der Waals surface area contributed by atoms with Crippen LogP contribution in [0.1, 0.15) is 30.9 Å². The lowest BCUT2D eigenvalue weighted by Crippen LogP contribution is -2.16. The lowest BCUT2D eigenvalue weighted by atomic mass is 10.1. The molecule has 1 aliphatic heterocycles. The summed E-state index contributed by atoms with van der Waals surface area (Å²) in [6, 6.07) is 6.41. The molecule has 1 saturated heterocycles. The molecule has 2 heteroatoms. The van der Waals surface area contributed by atoms with E-state index in [0.717, 1.165) is 25.2 Å². The van der Waals surface area contributed by atoms with Crippen LogP contribution in [0, 0.1) is 6.92 Å². The highest BCUT2D eigenvalue weighted by Gasteiger charge is 2.16. The second-order valence-corrected chi connectivity index (χ2v) is 4.40. The van der Waals surface area contributed by atoms with Crippen molar-refractivity contribution in [2.24, 2.45) is 0 Å². The molecule has 1 aliphatic rings. The zero-order chi connectivity index (χ0) is 11.4. The van der Waals surface area contributed by atoms with E-state index in [9.17, 15) is 0 Å². The Balaban J connectivity index is 1.93. The highest BCUT2D eigenvalue weighted by molar-refractivity contribution is 5.36. The minimum absolute atomic E-state index is 0.297. The van der Waals surface area contributed by atoms with Crippen LogP contribution in [0.5, 0.6) is 5.75 Å². The summed E-state index contributed by atoms with van der Waals surface area (Å²) in [6.07, 6.45) is 3.67. The molecule has 0 aliphatic carbocycles. The molecule has 0 aromatic heterocycles. The Labute approximate surface area is 97.6 Å². The van der Waals surface area contributed by atoms with Gasteiger partial charge in [0.15, 0.2) is 0 Å². The molecule has 0 amide bonds. The lowest BCUT2D eigenvalue weighted by molar-refractivity contribution is 0.0677. The first kappa shape index (κ1) is 11.5. The maximum absolute atomic E-state index is 5.80. The van der Waals surface area contributed by atoms with Crippen LogP contribution in [-0.2, 0) is 11.2 Å². The van der Waals surface area contributed by atoms with Crippen LogP contribution >= 0.6 is 0 Å². The second-order valence-electron chi connectivity index (χ2n) is 4.40. The SMILES string of the molecule is CCc1ccc(OCC2CCCO2)c(C)c1. The van der Waals surface area contributed by atoms with E-state index < -0.39 is 0 Å². The van der Waals surface area contributed by atoms with Gasteiger partial charge in [-0.25, -0.2) is 0 Å². The molecule has 0 bridgehead atoms. The molecular weight excluding hydrogens is 200 g/mol. The molecule has 16 heavy (non-hydrogen) atoms. The molecule has 0 N–H and O–H groups in total. The van der Waals surface area contributed by atoms with Crippen molar-refractivity contribution in [1.82, 2.24) is 0 Å². The lowest BCUT2D eigenvalue weighted by Gasteiger charge is -2.13. The third kappa shape index (κ3) is 2.76. The fraction of sp³-hybridized carbons (Fsp3) is 0.571. The normalized spacial score (nSPS) is 20.0. The number of hydrogen-bond donors (Lipinski definition) is 0. The Morgan fingerprint density at radius 2 is 2.31 bits per heavy atom. The number of benzene rings is 1. The maximum Gasteiger partial charge on any atom is 0.122 e. The smallest absolute Gasteiger partial charge is 0.122 e. The van der Waals surface area contributed by atoms with Gasteiger partial charge >= 0.3 is 0 Å². The summed E-state index contributed by atoms with van der Waals surface area (Å²) in [5.41, 5.74) is 2.58. The first-order valence-corrected chi connectivity index (χ1v) is 6.13. The average molecular weight is 220 g/mol. The minimum Gasteiger partial charge on any atom is -0.491 e. The van der Waals surface area contributed by atoms with Gasteiger partial charge in [-0.05, 0) is 43.4 Å². The van der Waals surface area contributed by atoms with Crippen LogP contribution < -0.4 is 4.74 Å². The van der Waals surface area contributed by atoms with Crippen LogP contribution in [0.2, 0.25) is 0 Å². The Morgan fingerprint density at radius 1 is 1.44 bits per heavy atom. The third-order valence-corrected chi connectivity index (χ3v) is 3.10. The van der Waals surface area contributed by atoms with Gasteiger partial charge in [0.05, 0.1) is 6.10 Å². The van der Waals surface area contributed by atoms with Gasteiger partial charge in [0.1, 0.15) is 12.4 Å². The highest BCUT2D eigenvalue weighted by Crippen LogP contribution is 2.21. The molecule has 1 atom stereocenters. The molecule has 0 saturated carbocycles. The largest absolute Gasteiger partial charge is 0.491 e. The molecule has 88 valence electrons. The van der Waals surface area contributed by atoms with Crippen LogP contribution in [0.3, 0.4) is 0 Å². The van der Waals surface area contributed by atoms with Crippen molar-refractivity contribution in [1.29, 1.82) is 0 Å². The predicted octanol–water partition coefficient (Wildman–Crippen LogP) is 3.12. The summed E-state index contributed by atoms with van der Waals surface area (Å²) in [4.78, 5) is 0. The number of hydrogen-bond acceptors (Lipinski definition) is 2. The summed E-state index contributed by atoms with van der Waals surface area (Å²) in [5.74, 6) is 0.993. The Morgan fingerprint density at radius 3 is 2.94 bits per heavy atom. The van der Waals surface area contributed by atoms with E-state index in [2.05, 4.69) is 32.0 Å². The second kappa shape index (κ2) is 5.35. The fourth-order valence-corrected chi connectivity index (χ4v) is 2.05. The number of rotatable bonds is 4. The van der Waals surface area contributed by atoms with Gasteiger partial charge in [-0.1, -0.05) is 19.1 Å². The van der Waals surface area contributed by atoms with E-state index in [1.807, 2.05) is 0 Å². The topological polar surface area (TPSA) is 18.5 Å². The van der Waals surface area contributed by atoms with Crippen molar-refractivity contribution >= 4 is 0 Å². The van der Waals surface area contributed by atoms with Crippen molar-refractivity contribution < 1.29 is 9.47 Å². The molecule has 0 radical (unpaired) electrons. The summed E-state index contributed by atoms with van der Waals surface area (Å²) in [5, 5.41) is 0. The van der Waals surface area contributed by atoms with Crippen LogP contribution in [0.25, 0.3) is 0 Å². The summed E-state index contributed by atoms with van der Waals surface area (Å²) < 4.78 is 11.3. The van der Waals surface area contributed by atoms with Crippen molar-refractivity contribution in [2.45, 2.75) is 39.2 Å². The number of ether oxygens (including phenoxy) is 2. The molecule has 0 spiro atoms. The summed E-state index contributed by atoms with van der Waals surface area (Å²) >= 11 is 0. The van der Waals surface area contributed by atoms with Crippen molar-refractivity contribution in [3.8, 4) is 5.75 Å². The summed E-state index contributed by atoms with van der Waals surface area (Å²) in [7, 11) is 0. The van der Waals surface area contributed by atoms with Gasteiger partial charge in [0.25, 0.3) is 0 Å². The Hall–Kier alpha value is -1.02. The monoisotopic (exact) mass is 220 g/mol. The van der Waals surface area contributed by atoms with Crippen molar-refractivity contribution in [3.05, 3.63) is 29.3 Å². The average Bonchev–Trinajstić information content (AvgIpc) is 2.80. The predicted molar refractivity (Wildman–Crippen MR) is 65.0 cm³/mol. The summed E-state index contributed by atoms with van der Waals surface area (Å²) in [6.45, 7) is 5.85. The van der Waals surface area contributed by atoms with Crippen LogP contribution in [0.15, 0.2) is 18.2 Å². The molecule has 1 fully saturated rings. The molecule has 2 rings (SSSR count). The molecule has 1 aromatic carbocycles. The maximum atomic E-state index is 5.80. The van der Waals surface area contributed by atoms with Gasteiger partial charge < -0.3 is 9.47 Å². The van der Waals surface area contributed by atoms with Gasteiger partial charge in [-0.2, -0.15) is 0 Å². The first-order valence-electron chi connectivity index (χ1n) is 6.13. The van der Waals surface area contributed by atoms with E-state index in [4.69, 9.17) is 9.47 Å². The zero-order valence-electron chi connectivity index (χ0n) is 10.2. The molecular formula is C14H20O2. The van der Waals surface area contributed by atoms with Crippen LogP contribution in [0.4, 0.5) is 0 Å². The van der Waals surface area contributed by atoms with Crippen LogP contribution in [-0.4, -0.2) is 19.3 Å². The van der Waals surface area contributed by atoms with E-state index in [0.29, 0.717) is 12.7 Å². The zero-order valence-corrected chi connectivity index (χ0v) is 10.2. The molecule has 1 heterocycles. The first-order chi connectivity index (χ1) is 7.79. The number of aryl methyl sites for hydroxylation is 2. The van der Waals surface area contributed by atoms with E-state index >= 15 is 0 Å². The Kier molecular flexibility index (Phi) is 3.83. The highest BCUT2D eigenvalue weighted by atomic mass is 16.5. The molecule has 1 unspecified atom stereocenters. The quantitative estimate of drug-likeness (QED) is 0.776. The van der Waals surface area contributed by atoms with E-state index in [1.54, 1.807) is 0 Å². The third-order valence-electron chi connectivity index (χ3n) is 3.10. The van der Waals surface area contributed by atoms with E-state index in [-0.39, 0.29) is 0 Å². The van der Waals surface area contributed by atoms with Crippen molar-refractivity contribution in [2.75, 3.05) is 13.2 Å². The standard InChI is InChI=1S/C14H20O2/c1-3-12-6-7-14(11(2)9-12)16-10-13-5-4-8-15-13/h6-7,9,13H,3-5,8,10H2,1-2H3. The molecule has 2 nitrogen and oxygen atoms in total. The van der Waals surface area contributed by atoms with Gasteiger partial charge in [0, 0.05) is 6.61 Å². The minimum atomic E-state index is 0.297. The van der Waals surface area contributed by atoms with Gasteiger partial charge in [-0.15, -0.1) is 0 Å². The Bertz CT molecular complexity index is 341. The van der Waals surface area contributed by atoms with Gasteiger partial charge in [0.2, 0.25) is 0 Å².